The molecule has 1 aliphatic carbocycles. The normalized spacial score (nSPS) is 19.3. The molecule has 0 spiro atoms. The second-order valence-corrected chi connectivity index (χ2v) is 6.44. The predicted molar refractivity (Wildman–Crippen MR) is 56.0 cm³/mol. The fourth-order valence-corrected chi connectivity index (χ4v) is 3.60. The zero-order valence-electron chi connectivity index (χ0n) is 8.99. The summed E-state index contributed by atoms with van der Waals surface area (Å²) in [6.07, 6.45) is 3.06. The highest BCUT2D eigenvalue weighted by molar-refractivity contribution is 7.90. The zero-order chi connectivity index (χ0) is 11.7. The van der Waals surface area contributed by atoms with Crippen LogP contribution in [0.3, 0.4) is 0 Å². The van der Waals surface area contributed by atoms with Gasteiger partial charge in [0.25, 0.3) is 0 Å². The van der Waals surface area contributed by atoms with E-state index in [2.05, 4.69) is 4.72 Å². The van der Waals surface area contributed by atoms with E-state index in [1.807, 2.05) is 0 Å². The number of carboxylic acid groups (broad SMARTS) is 1. The van der Waals surface area contributed by atoms with E-state index in [1.54, 1.807) is 0 Å². The Morgan fingerprint density at radius 2 is 1.80 bits per heavy atom. The van der Waals surface area contributed by atoms with Crippen LogP contribution in [-0.2, 0) is 14.8 Å². The first-order valence-electron chi connectivity index (χ1n) is 5.02. The third kappa shape index (κ3) is 2.92. The summed E-state index contributed by atoms with van der Waals surface area (Å²) in [4.78, 5) is 10.8. The van der Waals surface area contributed by atoms with E-state index in [1.165, 1.54) is 13.8 Å². The number of hydrogen-bond donors (Lipinski definition) is 2. The first-order valence-corrected chi connectivity index (χ1v) is 6.56. The van der Waals surface area contributed by atoms with Crippen molar-refractivity contribution < 1.29 is 18.3 Å². The third-order valence-electron chi connectivity index (χ3n) is 2.67. The van der Waals surface area contributed by atoms with Gasteiger partial charge in [0, 0.05) is 0 Å². The lowest BCUT2D eigenvalue weighted by Gasteiger charge is -2.23. The molecule has 0 aromatic carbocycles. The van der Waals surface area contributed by atoms with Gasteiger partial charge in [-0.3, -0.25) is 4.79 Å². The summed E-state index contributed by atoms with van der Waals surface area (Å²) < 4.78 is 25.8. The minimum absolute atomic E-state index is 0.420. The number of aliphatic carboxylic acids is 1. The molecule has 0 heterocycles. The average Bonchev–Trinajstić information content (AvgIpc) is 2.53. The molecule has 15 heavy (non-hydrogen) atoms. The molecular weight excluding hydrogens is 218 g/mol. The van der Waals surface area contributed by atoms with Crippen LogP contribution in [0.15, 0.2) is 0 Å². The topological polar surface area (TPSA) is 83.5 Å². The van der Waals surface area contributed by atoms with Gasteiger partial charge in [-0.25, -0.2) is 8.42 Å². The van der Waals surface area contributed by atoms with E-state index < -0.39 is 26.8 Å². The van der Waals surface area contributed by atoms with E-state index >= 15 is 0 Å². The maximum absolute atomic E-state index is 11.8. The highest BCUT2D eigenvalue weighted by Crippen LogP contribution is 2.25. The Hall–Kier alpha value is -0.620. The highest BCUT2D eigenvalue weighted by atomic mass is 32.2. The number of nitrogens with one attached hydrogen (secondary N) is 1. The molecule has 1 saturated carbocycles. The van der Waals surface area contributed by atoms with Crippen molar-refractivity contribution in [3.63, 3.8) is 0 Å². The van der Waals surface area contributed by atoms with Crippen LogP contribution in [0.4, 0.5) is 0 Å². The number of carboxylic acids is 1. The Bertz CT molecular complexity index is 341. The van der Waals surface area contributed by atoms with Crippen LogP contribution in [0.5, 0.6) is 0 Å². The third-order valence-corrected chi connectivity index (χ3v) is 4.82. The number of carbonyl (C=O) groups is 1. The van der Waals surface area contributed by atoms with Gasteiger partial charge >= 0.3 is 5.97 Å². The molecule has 0 aromatic heterocycles. The standard InChI is InChI=1S/C9H17NO4S/c1-9(2,8(11)12)10-15(13,14)7-5-3-4-6-7/h7,10H,3-6H2,1-2H3,(H,11,12). The smallest absolute Gasteiger partial charge is 0.324 e. The van der Waals surface area contributed by atoms with E-state index in [9.17, 15) is 13.2 Å². The Balaban J connectivity index is 2.76. The Morgan fingerprint density at radius 1 is 1.33 bits per heavy atom. The number of sulfonamides is 1. The summed E-state index contributed by atoms with van der Waals surface area (Å²) in [6, 6.07) is 0. The van der Waals surface area contributed by atoms with Crippen LogP contribution >= 0.6 is 0 Å². The fourth-order valence-electron chi connectivity index (χ4n) is 1.68. The maximum Gasteiger partial charge on any atom is 0.324 e. The molecule has 6 heteroatoms. The predicted octanol–water partition coefficient (Wildman–Crippen LogP) is 0.712. The van der Waals surface area contributed by atoms with Crippen molar-refractivity contribution in [2.75, 3.05) is 0 Å². The molecule has 0 atom stereocenters. The summed E-state index contributed by atoms with van der Waals surface area (Å²) in [5.74, 6) is -1.16. The van der Waals surface area contributed by atoms with Crippen LogP contribution in [-0.4, -0.2) is 30.3 Å². The summed E-state index contributed by atoms with van der Waals surface area (Å²) in [5, 5.41) is 8.40. The molecule has 0 bridgehead atoms. The Kier molecular flexibility index (Phi) is 3.40. The van der Waals surface area contributed by atoms with E-state index in [4.69, 9.17) is 5.11 Å². The van der Waals surface area contributed by atoms with Crippen molar-refractivity contribution >= 4 is 16.0 Å². The van der Waals surface area contributed by atoms with Gasteiger partial charge in [-0.05, 0) is 26.7 Å². The minimum Gasteiger partial charge on any atom is -0.480 e. The average molecular weight is 235 g/mol. The Labute approximate surface area is 89.9 Å². The largest absolute Gasteiger partial charge is 0.480 e. The van der Waals surface area contributed by atoms with Crippen molar-refractivity contribution in [1.82, 2.24) is 4.72 Å². The quantitative estimate of drug-likeness (QED) is 0.751. The monoisotopic (exact) mass is 235 g/mol. The summed E-state index contributed by atoms with van der Waals surface area (Å²) in [7, 11) is -3.49. The lowest BCUT2D eigenvalue weighted by atomic mass is 10.1. The first kappa shape index (κ1) is 12.4. The molecule has 0 aromatic rings. The molecule has 0 amide bonds. The SMILES string of the molecule is CC(C)(NS(=O)(=O)C1CCCC1)C(=O)O. The van der Waals surface area contributed by atoms with Gasteiger partial charge in [-0.15, -0.1) is 0 Å². The second-order valence-electron chi connectivity index (χ2n) is 4.48. The molecule has 0 aliphatic heterocycles. The Morgan fingerprint density at radius 3 is 2.20 bits per heavy atom. The van der Waals surface area contributed by atoms with Gasteiger partial charge in [0.05, 0.1) is 5.25 Å². The minimum atomic E-state index is -3.49. The van der Waals surface area contributed by atoms with Crippen LogP contribution in [0.2, 0.25) is 0 Å². The number of hydrogen-bond acceptors (Lipinski definition) is 3. The van der Waals surface area contributed by atoms with Crippen molar-refractivity contribution in [1.29, 1.82) is 0 Å². The molecule has 5 nitrogen and oxygen atoms in total. The van der Waals surface area contributed by atoms with E-state index in [-0.39, 0.29) is 0 Å². The van der Waals surface area contributed by atoms with Crippen molar-refractivity contribution in [2.24, 2.45) is 0 Å². The van der Waals surface area contributed by atoms with Crippen LogP contribution in [0.1, 0.15) is 39.5 Å². The highest BCUT2D eigenvalue weighted by Gasteiger charge is 2.37. The molecule has 88 valence electrons. The van der Waals surface area contributed by atoms with E-state index in [0.29, 0.717) is 12.8 Å². The van der Waals surface area contributed by atoms with Gasteiger partial charge in [-0.1, -0.05) is 12.8 Å². The van der Waals surface area contributed by atoms with Crippen LogP contribution in [0, 0.1) is 0 Å². The summed E-state index contributed by atoms with van der Waals surface area (Å²) in [6.45, 7) is 2.70. The first-order chi connectivity index (χ1) is 6.76. The summed E-state index contributed by atoms with van der Waals surface area (Å²) in [5.41, 5.74) is -1.43. The van der Waals surface area contributed by atoms with Crippen molar-refractivity contribution in [2.45, 2.75) is 50.3 Å². The summed E-state index contributed by atoms with van der Waals surface area (Å²) >= 11 is 0. The molecule has 0 radical (unpaired) electrons. The van der Waals surface area contributed by atoms with Gasteiger partial charge < -0.3 is 5.11 Å². The fraction of sp³-hybridized carbons (Fsp3) is 0.889. The van der Waals surface area contributed by atoms with E-state index in [0.717, 1.165) is 12.8 Å². The van der Waals surface area contributed by atoms with Gasteiger partial charge in [0.2, 0.25) is 10.0 Å². The maximum atomic E-state index is 11.8. The molecule has 1 aliphatic rings. The van der Waals surface area contributed by atoms with Crippen molar-refractivity contribution in [3.05, 3.63) is 0 Å². The molecular formula is C9H17NO4S. The van der Waals surface area contributed by atoms with Gasteiger partial charge in [0.1, 0.15) is 5.54 Å². The molecule has 2 N–H and O–H groups in total. The molecule has 0 saturated heterocycles. The lowest BCUT2D eigenvalue weighted by Crippen LogP contribution is -2.51. The van der Waals surface area contributed by atoms with Gasteiger partial charge in [-0.2, -0.15) is 4.72 Å². The number of rotatable bonds is 4. The zero-order valence-corrected chi connectivity index (χ0v) is 9.80. The van der Waals surface area contributed by atoms with Crippen LogP contribution < -0.4 is 4.72 Å². The second kappa shape index (κ2) is 4.09. The molecule has 0 unspecified atom stereocenters. The van der Waals surface area contributed by atoms with Gasteiger partial charge in [0.15, 0.2) is 0 Å². The van der Waals surface area contributed by atoms with Crippen LogP contribution in [0.25, 0.3) is 0 Å². The van der Waals surface area contributed by atoms with Crippen molar-refractivity contribution in [3.8, 4) is 0 Å². The molecule has 1 fully saturated rings. The lowest BCUT2D eigenvalue weighted by molar-refractivity contribution is -0.142. The molecule has 1 rings (SSSR count).